The average molecular weight is 488 g/mol. The van der Waals surface area contributed by atoms with Crippen LogP contribution >= 0.6 is 38.5 Å². The van der Waals surface area contributed by atoms with Gasteiger partial charge in [-0.2, -0.15) is 0 Å². The third-order valence-corrected chi connectivity index (χ3v) is 4.59. The number of halogens is 2. The summed E-state index contributed by atoms with van der Waals surface area (Å²) in [5, 5.41) is 2.89. The van der Waals surface area contributed by atoms with E-state index in [0.717, 1.165) is 25.9 Å². The first-order valence-electron chi connectivity index (χ1n) is 7.45. The molecule has 0 unspecified atom stereocenters. The van der Waals surface area contributed by atoms with Gasteiger partial charge >= 0.3 is 0 Å². The van der Waals surface area contributed by atoms with Crippen LogP contribution in [-0.2, 0) is 0 Å². The summed E-state index contributed by atoms with van der Waals surface area (Å²) in [4.78, 5) is 12.3. The highest BCUT2D eigenvalue weighted by Gasteiger charge is 2.10. The van der Waals surface area contributed by atoms with Crippen LogP contribution in [0.4, 0.5) is 5.69 Å². The number of benzene rings is 2. The summed E-state index contributed by atoms with van der Waals surface area (Å²) < 4.78 is 7.65. The van der Waals surface area contributed by atoms with Gasteiger partial charge in [0.15, 0.2) is 0 Å². The van der Waals surface area contributed by atoms with Crippen LogP contribution in [0.5, 0.6) is 5.75 Å². The van der Waals surface area contributed by atoms with Gasteiger partial charge in [-0.25, -0.2) is 0 Å². The van der Waals surface area contributed by atoms with Crippen molar-refractivity contribution in [3.05, 3.63) is 56.1 Å². The Morgan fingerprint density at radius 3 is 2.52 bits per heavy atom. The molecule has 2 aromatic rings. The van der Waals surface area contributed by atoms with E-state index in [-0.39, 0.29) is 5.91 Å². The molecular formula is C18H19BrINO2. The van der Waals surface area contributed by atoms with Gasteiger partial charge in [0, 0.05) is 14.8 Å². The molecule has 2 aromatic carbocycles. The SMILES string of the molecule is CC(C)CCOc1ccc(C(=O)Nc2ccc(I)cc2)cc1Br. The third-order valence-electron chi connectivity index (χ3n) is 3.25. The number of carbonyl (C=O) groups excluding carboxylic acids is 1. The summed E-state index contributed by atoms with van der Waals surface area (Å²) in [6.45, 7) is 5.00. The van der Waals surface area contributed by atoms with Crippen LogP contribution in [0, 0.1) is 9.49 Å². The fraction of sp³-hybridized carbons (Fsp3) is 0.278. The van der Waals surface area contributed by atoms with Gasteiger partial charge in [0.2, 0.25) is 0 Å². The minimum atomic E-state index is -0.138. The monoisotopic (exact) mass is 487 g/mol. The molecule has 0 radical (unpaired) electrons. The maximum Gasteiger partial charge on any atom is 0.255 e. The lowest BCUT2D eigenvalue weighted by molar-refractivity contribution is 0.102. The highest BCUT2D eigenvalue weighted by molar-refractivity contribution is 14.1. The van der Waals surface area contributed by atoms with Gasteiger partial charge in [0.1, 0.15) is 5.75 Å². The molecule has 0 atom stereocenters. The van der Waals surface area contributed by atoms with Crippen molar-refractivity contribution in [1.82, 2.24) is 0 Å². The van der Waals surface area contributed by atoms with Crippen LogP contribution in [-0.4, -0.2) is 12.5 Å². The Bertz CT molecular complexity index is 671. The molecule has 23 heavy (non-hydrogen) atoms. The summed E-state index contributed by atoms with van der Waals surface area (Å²) in [5.41, 5.74) is 1.37. The second kappa shape index (κ2) is 8.68. The van der Waals surface area contributed by atoms with Crippen molar-refractivity contribution in [1.29, 1.82) is 0 Å². The maximum absolute atomic E-state index is 12.3. The van der Waals surface area contributed by atoms with Crippen LogP contribution in [0.3, 0.4) is 0 Å². The van der Waals surface area contributed by atoms with E-state index < -0.39 is 0 Å². The van der Waals surface area contributed by atoms with Crippen LogP contribution in [0.1, 0.15) is 30.6 Å². The van der Waals surface area contributed by atoms with Crippen LogP contribution < -0.4 is 10.1 Å². The second-order valence-electron chi connectivity index (χ2n) is 5.64. The average Bonchev–Trinajstić information content (AvgIpc) is 2.50. The molecule has 0 aliphatic rings. The fourth-order valence-corrected chi connectivity index (χ4v) is 2.75. The number of ether oxygens (including phenoxy) is 1. The first-order valence-corrected chi connectivity index (χ1v) is 9.32. The van der Waals surface area contributed by atoms with E-state index in [1.807, 2.05) is 30.3 Å². The Hall–Kier alpha value is -1.08. The van der Waals surface area contributed by atoms with Gasteiger partial charge in [-0.15, -0.1) is 0 Å². The summed E-state index contributed by atoms with van der Waals surface area (Å²) in [5.74, 6) is 1.23. The van der Waals surface area contributed by atoms with Gasteiger partial charge in [0.05, 0.1) is 11.1 Å². The molecule has 0 spiro atoms. The van der Waals surface area contributed by atoms with Crippen molar-refractivity contribution in [3.8, 4) is 5.75 Å². The zero-order chi connectivity index (χ0) is 16.8. The van der Waals surface area contributed by atoms with Crippen molar-refractivity contribution in [3.63, 3.8) is 0 Å². The molecule has 2 rings (SSSR count). The molecule has 0 bridgehead atoms. The highest BCUT2D eigenvalue weighted by Crippen LogP contribution is 2.27. The predicted molar refractivity (Wildman–Crippen MR) is 106 cm³/mol. The van der Waals surface area contributed by atoms with Crippen LogP contribution in [0.2, 0.25) is 0 Å². The minimum Gasteiger partial charge on any atom is -0.492 e. The van der Waals surface area contributed by atoms with Gasteiger partial charge in [-0.3, -0.25) is 4.79 Å². The van der Waals surface area contributed by atoms with Crippen LogP contribution in [0.15, 0.2) is 46.9 Å². The lowest BCUT2D eigenvalue weighted by Gasteiger charge is -2.11. The second-order valence-corrected chi connectivity index (χ2v) is 7.74. The molecule has 0 aliphatic heterocycles. The Balaban J connectivity index is 2.01. The Labute approximate surface area is 159 Å². The molecule has 0 aliphatic carbocycles. The van der Waals surface area contributed by atoms with E-state index in [2.05, 4.69) is 57.7 Å². The molecule has 122 valence electrons. The number of anilines is 1. The van der Waals surface area contributed by atoms with Gasteiger partial charge in [-0.05, 0) is 93.3 Å². The third kappa shape index (κ3) is 5.80. The standard InChI is InChI=1S/C18H19BrINO2/c1-12(2)9-10-23-17-8-3-13(11-16(17)19)18(22)21-15-6-4-14(20)5-7-15/h3-8,11-12H,9-10H2,1-2H3,(H,21,22). The minimum absolute atomic E-state index is 0.138. The molecule has 5 heteroatoms. The molecule has 0 fully saturated rings. The number of nitrogens with one attached hydrogen (secondary N) is 1. The summed E-state index contributed by atoms with van der Waals surface area (Å²) in [7, 11) is 0. The lowest BCUT2D eigenvalue weighted by Crippen LogP contribution is -2.12. The molecule has 1 amide bonds. The fourth-order valence-electron chi connectivity index (χ4n) is 1.90. The van der Waals surface area contributed by atoms with Crippen molar-refractivity contribution in [2.75, 3.05) is 11.9 Å². The van der Waals surface area contributed by atoms with Crippen molar-refractivity contribution >= 4 is 50.1 Å². The molecule has 1 N–H and O–H groups in total. The van der Waals surface area contributed by atoms with E-state index in [0.29, 0.717) is 18.1 Å². The van der Waals surface area contributed by atoms with E-state index >= 15 is 0 Å². The predicted octanol–water partition coefficient (Wildman–Crippen LogP) is 5.73. The van der Waals surface area contributed by atoms with E-state index in [1.165, 1.54) is 0 Å². The Morgan fingerprint density at radius 1 is 1.22 bits per heavy atom. The van der Waals surface area contributed by atoms with Crippen LogP contribution in [0.25, 0.3) is 0 Å². The Morgan fingerprint density at radius 2 is 1.91 bits per heavy atom. The van der Waals surface area contributed by atoms with Crippen molar-refractivity contribution in [2.24, 2.45) is 5.92 Å². The van der Waals surface area contributed by atoms with Crippen molar-refractivity contribution < 1.29 is 9.53 Å². The van der Waals surface area contributed by atoms with E-state index in [4.69, 9.17) is 4.74 Å². The lowest BCUT2D eigenvalue weighted by atomic mass is 10.1. The summed E-state index contributed by atoms with van der Waals surface area (Å²) in [6, 6.07) is 13.1. The topological polar surface area (TPSA) is 38.3 Å². The highest BCUT2D eigenvalue weighted by atomic mass is 127. The summed E-state index contributed by atoms with van der Waals surface area (Å²) in [6.07, 6.45) is 1.00. The molecular weight excluding hydrogens is 469 g/mol. The molecule has 0 saturated heterocycles. The maximum atomic E-state index is 12.3. The van der Waals surface area contributed by atoms with Gasteiger partial charge in [-0.1, -0.05) is 13.8 Å². The molecule has 0 saturated carbocycles. The van der Waals surface area contributed by atoms with E-state index in [1.54, 1.807) is 12.1 Å². The first-order chi connectivity index (χ1) is 11.0. The molecule has 0 heterocycles. The summed E-state index contributed by atoms with van der Waals surface area (Å²) >= 11 is 5.70. The van der Waals surface area contributed by atoms with Gasteiger partial charge < -0.3 is 10.1 Å². The quantitative estimate of drug-likeness (QED) is 0.528. The molecule has 3 nitrogen and oxygen atoms in total. The number of amides is 1. The van der Waals surface area contributed by atoms with E-state index in [9.17, 15) is 4.79 Å². The normalized spacial score (nSPS) is 10.7. The molecule has 0 aromatic heterocycles. The Kier molecular flexibility index (Phi) is 6.89. The largest absolute Gasteiger partial charge is 0.492 e. The zero-order valence-corrected chi connectivity index (χ0v) is 16.8. The number of rotatable bonds is 6. The smallest absolute Gasteiger partial charge is 0.255 e. The number of hydrogen-bond acceptors (Lipinski definition) is 2. The number of carbonyl (C=O) groups is 1. The zero-order valence-electron chi connectivity index (χ0n) is 13.1. The van der Waals surface area contributed by atoms with Crippen molar-refractivity contribution in [2.45, 2.75) is 20.3 Å². The van der Waals surface area contributed by atoms with Gasteiger partial charge in [0.25, 0.3) is 5.91 Å². The number of hydrogen-bond donors (Lipinski definition) is 1. The first kappa shape index (κ1) is 18.3.